The predicted octanol–water partition coefficient (Wildman–Crippen LogP) is 2.82. The quantitative estimate of drug-likeness (QED) is 0.847. The van der Waals surface area contributed by atoms with Gasteiger partial charge in [0.1, 0.15) is 0 Å². The van der Waals surface area contributed by atoms with E-state index in [1.807, 2.05) is 6.92 Å². The Hall–Kier alpha value is 0.320. The minimum Gasteiger partial charge on any atom is -0.393 e. The second kappa shape index (κ2) is 4.45. The van der Waals surface area contributed by atoms with Crippen molar-refractivity contribution in [3.8, 4) is 0 Å². The zero-order chi connectivity index (χ0) is 10.1. The summed E-state index contributed by atoms with van der Waals surface area (Å²) in [6, 6.07) is 2.21. The highest BCUT2D eigenvalue weighted by atomic mass is 127. The Balaban J connectivity index is 2.23. The van der Waals surface area contributed by atoms with Crippen molar-refractivity contribution in [3.63, 3.8) is 0 Å². The summed E-state index contributed by atoms with van der Waals surface area (Å²) in [5.74, 6) is 0.444. The molecule has 78 valence electrons. The highest BCUT2D eigenvalue weighted by Crippen LogP contribution is 2.32. The maximum atomic E-state index is 9.59. The van der Waals surface area contributed by atoms with Crippen LogP contribution in [0.4, 0.5) is 0 Å². The molecule has 2 atom stereocenters. The molecule has 0 radical (unpaired) electrons. The second-order valence-electron chi connectivity index (χ2n) is 3.93. The third-order valence-corrected chi connectivity index (χ3v) is 4.81. The van der Waals surface area contributed by atoms with E-state index in [1.165, 1.54) is 11.3 Å². The molecule has 2 unspecified atom stereocenters. The van der Waals surface area contributed by atoms with Crippen LogP contribution in [0, 0.1) is 5.92 Å². The molecule has 1 heterocycles. The third kappa shape index (κ3) is 1.97. The fraction of sp³-hybridized carbons (Fsp3) is 0.600. The first-order valence-electron chi connectivity index (χ1n) is 4.88. The van der Waals surface area contributed by atoms with Crippen LogP contribution in [-0.2, 0) is 12.8 Å². The number of hydrogen-bond acceptors (Lipinski definition) is 2. The molecule has 1 aliphatic rings. The van der Waals surface area contributed by atoms with Gasteiger partial charge in [0.2, 0.25) is 0 Å². The number of fused-ring (bicyclic) bond motifs is 1. The molecule has 0 fully saturated rings. The highest BCUT2D eigenvalue weighted by molar-refractivity contribution is 14.2. The van der Waals surface area contributed by atoms with Gasteiger partial charge in [0.05, 0.1) is 6.10 Å². The van der Waals surface area contributed by atoms with E-state index in [2.05, 4.69) is 37.4 Å². The number of aliphatic hydroxyl groups is 1. The number of aliphatic hydroxyl groups excluding tert-OH is 1. The van der Waals surface area contributed by atoms with Gasteiger partial charge in [-0.3, -0.25) is 3.97 Å². The topological polar surface area (TPSA) is 25.2 Å². The van der Waals surface area contributed by atoms with Crippen molar-refractivity contribution in [2.75, 3.05) is 0 Å². The first-order chi connectivity index (χ1) is 6.72. The van der Waals surface area contributed by atoms with Gasteiger partial charge in [-0.1, -0.05) is 0 Å². The minimum absolute atomic E-state index is 0.175. The summed E-state index contributed by atoms with van der Waals surface area (Å²) < 4.78 is 2.21. The molecular weight excluding hydrogens is 309 g/mol. The smallest absolute Gasteiger partial charge is 0.0544 e. The summed E-state index contributed by atoms with van der Waals surface area (Å²) in [5.41, 5.74) is 2.87. The van der Waals surface area contributed by atoms with Crippen LogP contribution in [-0.4, -0.2) is 15.2 Å². The lowest BCUT2D eigenvalue weighted by atomic mass is 9.85. The van der Waals surface area contributed by atoms with Gasteiger partial charge in [0, 0.05) is 42.2 Å². The molecule has 2 nitrogen and oxygen atoms in total. The maximum absolute atomic E-state index is 9.59. The van der Waals surface area contributed by atoms with Crippen LogP contribution in [0.25, 0.3) is 0 Å². The zero-order valence-corrected chi connectivity index (χ0v) is 11.1. The minimum atomic E-state index is -0.175. The molecule has 0 aliphatic heterocycles. The number of nitrogens with zero attached hydrogens (tertiary/aromatic N) is 1. The van der Waals surface area contributed by atoms with E-state index in [9.17, 15) is 5.11 Å². The largest absolute Gasteiger partial charge is 0.393 e. The Labute approximate surface area is 101 Å². The van der Waals surface area contributed by atoms with Crippen molar-refractivity contribution < 1.29 is 5.11 Å². The Bertz CT molecular complexity index is 310. The molecular formula is C10H14INOS. The lowest BCUT2D eigenvalue weighted by molar-refractivity contribution is 0.116. The first-order valence-corrected chi connectivity index (χ1v) is 8.20. The highest BCUT2D eigenvalue weighted by Gasteiger charge is 2.24. The second-order valence-corrected chi connectivity index (χ2v) is 5.64. The monoisotopic (exact) mass is 323 g/mol. The van der Waals surface area contributed by atoms with Gasteiger partial charge in [0.15, 0.2) is 0 Å². The molecule has 0 saturated carbocycles. The summed E-state index contributed by atoms with van der Waals surface area (Å²) >= 11 is 2.30. The molecule has 4 heteroatoms. The maximum Gasteiger partial charge on any atom is 0.0544 e. The average Bonchev–Trinajstić information content (AvgIpc) is 2.59. The summed E-state index contributed by atoms with van der Waals surface area (Å²) in [6.07, 6.45) is 5.23. The average molecular weight is 323 g/mol. The van der Waals surface area contributed by atoms with Crippen LogP contribution >= 0.6 is 30.3 Å². The third-order valence-electron chi connectivity index (χ3n) is 3.04. The van der Waals surface area contributed by atoms with E-state index < -0.39 is 0 Å². The molecule has 14 heavy (non-hydrogen) atoms. The van der Waals surface area contributed by atoms with Crippen LogP contribution in [0.1, 0.15) is 24.6 Å². The van der Waals surface area contributed by atoms with E-state index >= 15 is 0 Å². The van der Waals surface area contributed by atoms with Crippen LogP contribution in [0.15, 0.2) is 12.3 Å². The number of hydrogen-bond donors (Lipinski definition) is 1. The molecule has 0 bridgehead atoms. The molecule has 0 saturated heterocycles. The molecule has 1 aliphatic carbocycles. The van der Waals surface area contributed by atoms with Crippen LogP contribution in [0.3, 0.4) is 0 Å². The van der Waals surface area contributed by atoms with Crippen LogP contribution in [0.2, 0.25) is 0 Å². The molecule has 0 spiro atoms. The molecule has 0 aromatic carbocycles. The number of aryl methyl sites for hydroxylation is 1. The molecule has 0 amide bonds. The zero-order valence-electron chi connectivity index (χ0n) is 8.11. The number of aromatic nitrogens is 1. The van der Waals surface area contributed by atoms with Gasteiger partial charge >= 0.3 is 0 Å². The van der Waals surface area contributed by atoms with E-state index in [0.29, 0.717) is 5.92 Å². The van der Waals surface area contributed by atoms with E-state index in [1.54, 1.807) is 9.12 Å². The molecule has 1 aromatic heterocycles. The SMILES string of the molecule is CC(O)C1CCc2ccn(SI)c2C1. The van der Waals surface area contributed by atoms with Crippen molar-refractivity contribution in [2.45, 2.75) is 32.3 Å². The first kappa shape index (κ1) is 10.8. The summed E-state index contributed by atoms with van der Waals surface area (Å²) in [5, 5.41) is 9.59. The number of rotatable bonds is 2. The Kier molecular flexibility index (Phi) is 3.44. The van der Waals surface area contributed by atoms with Crippen molar-refractivity contribution >= 4 is 30.3 Å². The van der Waals surface area contributed by atoms with Gasteiger partial charge in [0.25, 0.3) is 0 Å². The standard InChI is InChI=1S/C10H14INOS/c1-7(13)9-3-2-8-4-5-12(14-11)10(8)6-9/h4-5,7,9,13H,2-3,6H2,1H3. The van der Waals surface area contributed by atoms with Crippen LogP contribution in [0.5, 0.6) is 0 Å². The number of halogens is 1. The fourth-order valence-electron chi connectivity index (χ4n) is 2.10. The Morgan fingerprint density at radius 3 is 3.14 bits per heavy atom. The van der Waals surface area contributed by atoms with E-state index in [0.717, 1.165) is 19.3 Å². The van der Waals surface area contributed by atoms with Crippen molar-refractivity contribution in [1.29, 1.82) is 0 Å². The molecule has 1 N–H and O–H groups in total. The summed E-state index contributed by atoms with van der Waals surface area (Å²) in [4.78, 5) is 0. The van der Waals surface area contributed by atoms with Crippen molar-refractivity contribution in [2.24, 2.45) is 5.92 Å². The van der Waals surface area contributed by atoms with Crippen LogP contribution < -0.4 is 0 Å². The van der Waals surface area contributed by atoms with Gasteiger partial charge in [-0.15, -0.1) is 0 Å². The molecule has 2 rings (SSSR count). The van der Waals surface area contributed by atoms with Gasteiger partial charge in [-0.25, -0.2) is 0 Å². The van der Waals surface area contributed by atoms with Crippen molar-refractivity contribution in [1.82, 2.24) is 3.97 Å². The Morgan fingerprint density at radius 2 is 2.50 bits per heavy atom. The lowest BCUT2D eigenvalue weighted by Gasteiger charge is -2.25. The van der Waals surface area contributed by atoms with Gasteiger partial charge in [-0.05, 0) is 43.7 Å². The summed E-state index contributed by atoms with van der Waals surface area (Å²) in [7, 11) is 1.71. The van der Waals surface area contributed by atoms with Gasteiger partial charge < -0.3 is 5.11 Å². The van der Waals surface area contributed by atoms with Gasteiger partial charge in [-0.2, -0.15) is 0 Å². The fourth-order valence-corrected chi connectivity index (χ4v) is 3.59. The van der Waals surface area contributed by atoms with E-state index in [-0.39, 0.29) is 6.10 Å². The van der Waals surface area contributed by atoms with Crippen molar-refractivity contribution in [3.05, 3.63) is 23.5 Å². The summed E-state index contributed by atoms with van der Waals surface area (Å²) in [6.45, 7) is 1.90. The normalized spacial score (nSPS) is 23.2. The predicted molar refractivity (Wildman–Crippen MR) is 68.6 cm³/mol. The lowest BCUT2D eigenvalue weighted by Crippen LogP contribution is -2.24. The van der Waals surface area contributed by atoms with E-state index in [4.69, 9.17) is 0 Å². The Morgan fingerprint density at radius 1 is 1.71 bits per heavy atom. The molecule has 1 aromatic rings.